The molecular weight excluding hydrogens is 239 g/mol. The molecule has 0 bridgehead atoms. The van der Waals surface area contributed by atoms with Crippen LogP contribution in [0.1, 0.15) is 22.3 Å². The first kappa shape index (κ1) is 13.0. The standard InChI is InChI=1S/C16H17OP/c1-12-9-13(2)16(14(3)10-12)18(17)11-15-7-5-4-6-8-15/h4-11H,1-3H3. The van der Waals surface area contributed by atoms with Crippen molar-refractivity contribution in [2.75, 3.05) is 0 Å². The molecule has 2 aromatic carbocycles. The maximum atomic E-state index is 12.5. The lowest BCUT2D eigenvalue weighted by Crippen LogP contribution is -2.14. The maximum absolute atomic E-state index is 12.5. The molecule has 2 aromatic rings. The molecular formula is C16H17OP. The molecule has 0 aliphatic rings. The first-order valence-electron chi connectivity index (χ1n) is 6.02. The van der Waals surface area contributed by atoms with Crippen molar-refractivity contribution in [2.24, 2.45) is 0 Å². The van der Waals surface area contributed by atoms with Crippen molar-refractivity contribution in [3.8, 4) is 0 Å². The summed E-state index contributed by atoms with van der Waals surface area (Å²) < 4.78 is 0. The number of rotatable bonds is 2. The van der Waals surface area contributed by atoms with E-state index in [4.69, 9.17) is 0 Å². The zero-order chi connectivity index (χ0) is 13.1. The number of hydrogen-bond donors (Lipinski definition) is 0. The van der Waals surface area contributed by atoms with Crippen LogP contribution >= 0.6 is 7.77 Å². The highest BCUT2D eigenvalue weighted by molar-refractivity contribution is 7.58. The SMILES string of the molecule is Cc1cc(C)c([P+]([O-])=Cc2ccccc2)c(C)c1. The second kappa shape index (κ2) is 5.48. The molecule has 1 nitrogen and oxygen atoms in total. The molecule has 1 unspecified atom stereocenters. The van der Waals surface area contributed by atoms with Crippen LogP contribution in [-0.4, -0.2) is 5.80 Å². The van der Waals surface area contributed by atoms with Crippen molar-refractivity contribution in [3.63, 3.8) is 0 Å². The average Bonchev–Trinajstić information content (AvgIpc) is 2.28. The molecule has 0 saturated carbocycles. The van der Waals surface area contributed by atoms with Gasteiger partial charge in [-0.25, -0.2) is 0 Å². The maximum Gasteiger partial charge on any atom is 0.150 e. The monoisotopic (exact) mass is 256 g/mol. The first-order chi connectivity index (χ1) is 8.58. The summed E-state index contributed by atoms with van der Waals surface area (Å²) in [6.45, 7) is 6.13. The van der Waals surface area contributed by atoms with Crippen LogP contribution in [0.5, 0.6) is 0 Å². The van der Waals surface area contributed by atoms with Crippen LogP contribution in [0.25, 0.3) is 0 Å². The summed E-state index contributed by atoms with van der Waals surface area (Å²) in [5.41, 5.74) is 4.46. The fraction of sp³-hybridized carbons (Fsp3) is 0.188. The molecule has 0 aliphatic heterocycles. The molecule has 0 aliphatic carbocycles. The van der Waals surface area contributed by atoms with E-state index in [-0.39, 0.29) is 0 Å². The molecule has 92 valence electrons. The Kier molecular flexibility index (Phi) is 3.96. The topological polar surface area (TPSA) is 23.1 Å². The third-order valence-corrected chi connectivity index (χ3v) is 4.60. The molecule has 0 aromatic heterocycles. The minimum atomic E-state index is -1.48. The van der Waals surface area contributed by atoms with Gasteiger partial charge in [0.1, 0.15) is 5.80 Å². The molecule has 0 amide bonds. The van der Waals surface area contributed by atoms with E-state index < -0.39 is 7.77 Å². The van der Waals surface area contributed by atoms with Gasteiger partial charge in [0.25, 0.3) is 0 Å². The van der Waals surface area contributed by atoms with Gasteiger partial charge >= 0.3 is 0 Å². The zero-order valence-corrected chi connectivity index (χ0v) is 11.9. The predicted octanol–water partition coefficient (Wildman–Crippen LogP) is 2.84. The molecule has 0 saturated heterocycles. The summed E-state index contributed by atoms with van der Waals surface area (Å²) in [7, 11) is -1.48. The lowest BCUT2D eigenvalue weighted by molar-refractivity contribution is -0.149. The Morgan fingerprint density at radius 1 is 0.944 bits per heavy atom. The summed E-state index contributed by atoms with van der Waals surface area (Å²) in [5, 5.41) is 0.972. The summed E-state index contributed by atoms with van der Waals surface area (Å²) in [5.74, 6) is 1.85. The van der Waals surface area contributed by atoms with Gasteiger partial charge in [-0.3, -0.25) is 0 Å². The van der Waals surface area contributed by atoms with Gasteiger partial charge in [-0.15, -0.1) is 0 Å². The molecule has 18 heavy (non-hydrogen) atoms. The van der Waals surface area contributed by atoms with Gasteiger partial charge in [-0.05, 0) is 31.9 Å². The number of hydrogen-bond acceptors (Lipinski definition) is 1. The molecule has 0 fully saturated rings. The van der Waals surface area contributed by atoms with Gasteiger partial charge in [0.05, 0.1) is 7.77 Å². The van der Waals surface area contributed by atoms with Crippen LogP contribution in [0.15, 0.2) is 42.5 Å². The van der Waals surface area contributed by atoms with E-state index in [9.17, 15) is 4.89 Å². The quantitative estimate of drug-likeness (QED) is 0.758. The molecule has 1 atom stereocenters. The lowest BCUT2D eigenvalue weighted by atomic mass is 10.1. The fourth-order valence-electron chi connectivity index (χ4n) is 2.26. The van der Waals surface area contributed by atoms with Gasteiger partial charge < -0.3 is 4.89 Å². The van der Waals surface area contributed by atoms with Crippen molar-refractivity contribution < 1.29 is 4.89 Å². The molecule has 2 rings (SSSR count). The van der Waals surface area contributed by atoms with E-state index in [1.807, 2.05) is 50.0 Å². The Morgan fingerprint density at radius 2 is 1.50 bits per heavy atom. The highest BCUT2D eigenvalue weighted by Gasteiger charge is 2.12. The molecule has 0 radical (unpaired) electrons. The molecule has 0 heterocycles. The van der Waals surface area contributed by atoms with E-state index in [1.54, 1.807) is 0 Å². The highest BCUT2D eigenvalue weighted by atomic mass is 31.1. The van der Waals surface area contributed by atoms with E-state index in [0.717, 1.165) is 22.0 Å². The van der Waals surface area contributed by atoms with Gasteiger partial charge in [0.2, 0.25) is 0 Å². The zero-order valence-electron chi connectivity index (χ0n) is 11.0. The smallest absolute Gasteiger partial charge is 0.150 e. The summed E-state index contributed by atoms with van der Waals surface area (Å²) >= 11 is 0. The molecule has 0 N–H and O–H groups in total. The Bertz CT molecular complexity index is 562. The Labute approximate surface area is 110 Å². The molecule has 2 heteroatoms. The largest absolute Gasteiger partial charge is 0.626 e. The lowest BCUT2D eigenvalue weighted by Gasteiger charge is -2.07. The highest BCUT2D eigenvalue weighted by Crippen LogP contribution is 2.19. The summed E-state index contributed by atoms with van der Waals surface area (Å²) in [6, 6.07) is 14.0. The van der Waals surface area contributed by atoms with Crippen LogP contribution in [0.2, 0.25) is 0 Å². The van der Waals surface area contributed by atoms with Crippen molar-refractivity contribution in [2.45, 2.75) is 20.8 Å². The van der Waals surface area contributed by atoms with Crippen molar-refractivity contribution >= 4 is 18.9 Å². The number of aryl methyl sites for hydroxylation is 3. The second-order valence-electron chi connectivity index (χ2n) is 4.61. The minimum absolute atomic E-state index is 0.972. The van der Waals surface area contributed by atoms with Gasteiger partial charge in [0.15, 0.2) is 5.30 Å². The van der Waals surface area contributed by atoms with Gasteiger partial charge in [-0.2, -0.15) is 0 Å². The van der Waals surface area contributed by atoms with Crippen LogP contribution in [0.3, 0.4) is 0 Å². The van der Waals surface area contributed by atoms with Gasteiger partial charge in [-0.1, -0.05) is 48.0 Å². The van der Waals surface area contributed by atoms with Crippen LogP contribution in [-0.2, 0) is 0 Å². The fourth-order valence-corrected chi connectivity index (χ4v) is 3.66. The Balaban J connectivity index is 2.47. The summed E-state index contributed by atoms with van der Waals surface area (Å²) in [4.78, 5) is 12.5. The van der Waals surface area contributed by atoms with Crippen LogP contribution < -0.4 is 10.2 Å². The van der Waals surface area contributed by atoms with Crippen LogP contribution in [0, 0.1) is 20.8 Å². The Morgan fingerprint density at radius 3 is 2.06 bits per heavy atom. The second-order valence-corrected chi connectivity index (χ2v) is 5.97. The van der Waals surface area contributed by atoms with Crippen molar-refractivity contribution in [1.29, 1.82) is 0 Å². The van der Waals surface area contributed by atoms with Crippen molar-refractivity contribution in [3.05, 3.63) is 64.7 Å². The summed E-state index contributed by atoms with van der Waals surface area (Å²) in [6.07, 6.45) is 0. The van der Waals surface area contributed by atoms with E-state index >= 15 is 0 Å². The van der Waals surface area contributed by atoms with E-state index in [2.05, 4.69) is 19.1 Å². The first-order valence-corrected chi connectivity index (χ1v) is 7.35. The molecule has 0 spiro atoms. The van der Waals surface area contributed by atoms with Gasteiger partial charge in [0, 0.05) is 5.56 Å². The number of benzene rings is 2. The normalized spacial score (nSPS) is 11.7. The predicted molar refractivity (Wildman–Crippen MR) is 78.8 cm³/mol. The minimum Gasteiger partial charge on any atom is -0.626 e. The van der Waals surface area contributed by atoms with E-state index in [1.165, 1.54) is 5.56 Å². The third kappa shape index (κ3) is 2.87. The van der Waals surface area contributed by atoms with Crippen LogP contribution in [0.4, 0.5) is 0 Å². The van der Waals surface area contributed by atoms with Crippen molar-refractivity contribution in [1.82, 2.24) is 0 Å². The average molecular weight is 256 g/mol. The third-order valence-electron chi connectivity index (χ3n) is 2.92. The Hall–Kier alpha value is -1.43. The van der Waals surface area contributed by atoms with E-state index in [0.29, 0.717) is 0 Å².